The number of rotatable bonds is 2. The number of anilines is 1. The van der Waals surface area contributed by atoms with E-state index in [4.69, 9.17) is 9.47 Å². The van der Waals surface area contributed by atoms with Gasteiger partial charge in [0.05, 0.1) is 6.02 Å². The van der Waals surface area contributed by atoms with Gasteiger partial charge in [0.2, 0.25) is 6.79 Å². The van der Waals surface area contributed by atoms with Crippen LogP contribution in [0.25, 0.3) is 10.8 Å². The lowest BCUT2D eigenvalue weighted by molar-refractivity contribution is -0.238. The van der Waals surface area contributed by atoms with E-state index in [1.165, 1.54) is 0 Å². The van der Waals surface area contributed by atoms with E-state index < -0.39 is 23.2 Å². The maximum absolute atomic E-state index is 13.0. The molecule has 160 valence electrons. The monoisotopic (exact) mass is 427 g/mol. The minimum absolute atomic E-state index is 0.0880. The largest absolute Gasteiger partial charge is 0.861 e. The molecule has 1 spiro atoms. The third-order valence-corrected chi connectivity index (χ3v) is 6.32. The van der Waals surface area contributed by atoms with Gasteiger partial charge in [0.15, 0.2) is 11.5 Å². The van der Waals surface area contributed by atoms with Gasteiger partial charge in [-0.1, -0.05) is 36.4 Å². The van der Waals surface area contributed by atoms with Gasteiger partial charge in [-0.15, -0.1) is 0 Å². The maximum Gasteiger partial charge on any atom is 0.259 e. The first-order valence-electron chi connectivity index (χ1n) is 10.2. The molecule has 0 N–H and O–H groups in total. The van der Waals surface area contributed by atoms with Crippen LogP contribution in [0.1, 0.15) is 11.1 Å². The first-order valence-corrected chi connectivity index (χ1v) is 10.2. The van der Waals surface area contributed by atoms with Crippen molar-refractivity contribution in [2.75, 3.05) is 18.2 Å². The fourth-order valence-corrected chi connectivity index (χ4v) is 4.77. The highest BCUT2D eigenvalue weighted by Crippen LogP contribution is 2.43. The van der Waals surface area contributed by atoms with Gasteiger partial charge < -0.3 is 24.6 Å². The Morgan fingerprint density at radius 1 is 1.00 bits per heavy atom. The molecule has 0 aromatic heterocycles. The van der Waals surface area contributed by atoms with Crippen molar-refractivity contribution >= 4 is 34.3 Å². The fourth-order valence-electron chi connectivity index (χ4n) is 4.77. The first-order chi connectivity index (χ1) is 15.5. The Bertz CT molecular complexity index is 1350. The van der Waals surface area contributed by atoms with Gasteiger partial charge in [0.1, 0.15) is 5.41 Å². The molecule has 32 heavy (non-hydrogen) atoms. The van der Waals surface area contributed by atoms with Crippen LogP contribution in [0, 0.1) is 5.41 Å². The normalized spacial score (nSPS) is 21.5. The smallest absolute Gasteiger partial charge is 0.259 e. The highest BCUT2D eigenvalue weighted by Gasteiger charge is 2.46. The Morgan fingerprint density at radius 3 is 2.72 bits per heavy atom. The number of hydrogen-bond donors (Lipinski definition) is 0. The van der Waals surface area contributed by atoms with Crippen LogP contribution in [0.3, 0.4) is 0 Å². The third-order valence-electron chi connectivity index (χ3n) is 6.32. The fraction of sp³-hybridized carbons (Fsp3) is 0.208. The summed E-state index contributed by atoms with van der Waals surface area (Å²) in [7, 11) is 0. The number of ether oxygens (including phenoxy) is 2. The Kier molecular flexibility index (Phi) is 3.92. The zero-order valence-corrected chi connectivity index (χ0v) is 16.9. The Labute approximate surface area is 183 Å². The van der Waals surface area contributed by atoms with E-state index in [0.29, 0.717) is 18.0 Å². The van der Waals surface area contributed by atoms with Crippen molar-refractivity contribution in [2.45, 2.75) is 13.0 Å². The summed E-state index contributed by atoms with van der Waals surface area (Å²) < 4.78 is 10.9. The number of amides is 1. The van der Waals surface area contributed by atoms with E-state index in [1.54, 1.807) is 0 Å². The minimum atomic E-state index is -1.51. The predicted molar refractivity (Wildman–Crippen MR) is 114 cm³/mol. The Balaban J connectivity index is 1.49. The quantitative estimate of drug-likeness (QED) is 0.607. The number of aliphatic imine (C=N–C) groups is 2. The average molecular weight is 427 g/mol. The second-order valence-corrected chi connectivity index (χ2v) is 8.20. The molecule has 0 radical (unpaired) electrons. The first kappa shape index (κ1) is 18.7. The van der Waals surface area contributed by atoms with Crippen molar-refractivity contribution in [3.05, 3.63) is 65.7 Å². The summed E-state index contributed by atoms with van der Waals surface area (Å²) in [4.78, 5) is 22.0. The standard InChI is InChI=1S/C24H19N3O5/c28-21-24(22(29)26-23(30)25-21)10-17-16-4-2-1-3-15(16)6-7-18(17)27(12-24)11-14-5-8-19-20(9-14)32-13-31-19/h1-9H,10-13H2,(H2,25,26,28,29,30)/p-2. The minimum Gasteiger partial charge on any atom is -0.861 e. The predicted octanol–water partition coefficient (Wildman–Crippen LogP) is 1.13. The highest BCUT2D eigenvalue weighted by atomic mass is 16.7. The van der Waals surface area contributed by atoms with Gasteiger partial charge in [-0.25, -0.2) is 4.99 Å². The Hall–Kier alpha value is -4.07. The molecule has 8 heteroatoms. The van der Waals surface area contributed by atoms with Crippen LogP contribution in [0.2, 0.25) is 0 Å². The summed E-state index contributed by atoms with van der Waals surface area (Å²) in [5.41, 5.74) is 1.23. The summed E-state index contributed by atoms with van der Waals surface area (Å²) in [5, 5.41) is 26.6. The SMILES string of the molecule is O=C1N=C([O-])N=C([O-])C12Cc1c(ccc3ccccc13)N(Cc1ccc3c(c1)OCO3)C2. The van der Waals surface area contributed by atoms with Crippen LogP contribution in [-0.2, 0) is 17.8 Å². The lowest BCUT2D eigenvalue weighted by Crippen LogP contribution is -2.58. The lowest BCUT2D eigenvalue weighted by atomic mass is 9.74. The van der Waals surface area contributed by atoms with Crippen LogP contribution in [0.5, 0.6) is 11.5 Å². The number of benzene rings is 3. The van der Waals surface area contributed by atoms with E-state index in [9.17, 15) is 15.0 Å². The molecule has 3 aromatic carbocycles. The molecule has 0 fully saturated rings. The zero-order chi connectivity index (χ0) is 21.9. The summed E-state index contributed by atoms with van der Waals surface area (Å²) in [6, 6.07) is 16.5. The molecule has 0 aliphatic carbocycles. The second kappa shape index (κ2) is 6.71. The van der Waals surface area contributed by atoms with Crippen molar-refractivity contribution < 1.29 is 24.5 Å². The molecular formula is C24H17N3O5-2. The van der Waals surface area contributed by atoms with Crippen molar-refractivity contribution in [2.24, 2.45) is 15.4 Å². The second-order valence-electron chi connectivity index (χ2n) is 8.20. The molecule has 1 amide bonds. The average Bonchev–Trinajstić information content (AvgIpc) is 3.25. The number of amidine groups is 1. The number of nitrogens with zero attached hydrogens (tertiary/aromatic N) is 3. The van der Waals surface area contributed by atoms with Gasteiger partial charge in [0, 0.05) is 18.8 Å². The van der Waals surface area contributed by atoms with E-state index >= 15 is 0 Å². The Morgan fingerprint density at radius 2 is 1.84 bits per heavy atom. The van der Waals surface area contributed by atoms with Gasteiger partial charge in [-0.3, -0.25) is 9.79 Å². The van der Waals surface area contributed by atoms with E-state index in [0.717, 1.165) is 27.6 Å². The molecule has 3 aliphatic heterocycles. The van der Waals surface area contributed by atoms with Crippen molar-refractivity contribution in [1.82, 2.24) is 0 Å². The van der Waals surface area contributed by atoms with Gasteiger partial charge in [0.25, 0.3) is 5.91 Å². The third kappa shape index (κ3) is 2.72. The summed E-state index contributed by atoms with van der Waals surface area (Å²) in [6.07, 6.45) is 0.152. The van der Waals surface area contributed by atoms with Crippen molar-refractivity contribution in [3.63, 3.8) is 0 Å². The van der Waals surface area contributed by atoms with Crippen molar-refractivity contribution in [1.29, 1.82) is 0 Å². The summed E-state index contributed by atoms with van der Waals surface area (Å²) >= 11 is 0. The molecule has 0 saturated heterocycles. The molecule has 1 atom stereocenters. The van der Waals surface area contributed by atoms with Gasteiger partial charge in [-0.2, -0.15) is 0 Å². The number of carbonyl (C=O) groups is 1. The number of carbonyl (C=O) groups excluding carboxylic acids is 1. The molecule has 8 nitrogen and oxygen atoms in total. The van der Waals surface area contributed by atoms with Crippen LogP contribution < -0.4 is 24.6 Å². The van der Waals surface area contributed by atoms with E-state index in [-0.39, 0.29) is 19.8 Å². The molecule has 3 aliphatic rings. The van der Waals surface area contributed by atoms with Gasteiger partial charge in [-0.05, 0) is 52.4 Å². The van der Waals surface area contributed by atoms with E-state index in [1.807, 2.05) is 59.5 Å². The van der Waals surface area contributed by atoms with Crippen LogP contribution in [-0.4, -0.2) is 31.2 Å². The van der Waals surface area contributed by atoms with Crippen LogP contribution >= 0.6 is 0 Å². The topological polar surface area (TPSA) is 110 Å². The molecule has 3 heterocycles. The molecule has 3 aromatic rings. The highest BCUT2D eigenvalue weighted by molar-refractivity contribution is 6.14. The molecule has 0 saturated carbocycles. The summed E-state index contributed by atoms with van der Waals surface area (Å²) in [5.74, 6) is -0.106. The zero-order valence-electron chi connectivity index (χ0n) is 16.9. The van der Waals surface area contributed by atoms with Gasteiger partial charge >= 0.3 is 0 Å². The molecule has 0 bridgehead atoms. The molecular weight excluding hydrogens is 410 g/mol. The number of hydrogen-bond acceptors (Lipinski definition) is 7. The van der Waals surface area contributed by atoms with E-state index in [2.05, 4.69) is 9.98 Å². The summed E-state index contributed by atoms with van der Waals surface area (Å²) in [6.45, 7) is 0.698. The lowest BCUT2D eigenvalue weighted by Gasteiger charge is -2.47. The van der Waals surface area contributed by atoms with Crippen molar-refractivity contribution in [3.8, 4) is 11.5 Å². The van der Waals surface area contributed by atoms with Crippen LogP contribution in [0.15, 0.2) is 64.6 Å². The number of fused-ring (bicyclic) bond motifs is 4. The van der Waals surface area contributed by atoms with Crippen LogP contribution in [0.4, 0.5) is 5.69 Å². The maximum atomic E-state index is 13.0. The molecule has 6 rings (SSSR count). The molecule has 1 unspecified atom stereocenters.